The summed E-state index contributed by atoms with van der Waals surface area (Å²) in [4.78, 5) is 33.7. The van der Waals surface area contributed by atoms with Gasteiger partial charge >= 0.3 is 6.03 Å². The summed E-state index contributed by atoms with van der Waals surface area (Å²) in [6.07, 6.45) is 5.10. The number of hydrogen-bond acceptors (Lipinski definition) is 6. The Bertz CT molecular complexity index is 1340. The standard InChI is InChI=1S/C31H37N3O5/c1-2-34-28(38)33(18-21-5-8-23(35)9-6-21)27(37)30(34)11-12-31(39)26-15-22-7-10-24(36)16-25(22)29(31,19-30)13-14-32(26)17-20-3-4-20/h5-10,16,20,26,35-36,39H,2-4,11-15,17-19H2,1H3/t26?,29-,30+,31-/m1/s1. The van der Waals surface area contributed by atoms with Gasteiger partial charge in [-0.15, -0.1) is 0 Å². The van der Waals surface area contributed by atoms with E-state index in [4.69, 9.17) is 0 Å². The zero-order valence-corrected chi connectivity index (χ0v) is 22.5. The molecule has 7 rings (SSSR count). The van der Waals surface area contributed by atoms with Crippen LogP contribution in [0.5, 0.6) is 11.5 Å². The van der Waals surface area contributed by atoms with E-state index in [1.807, 2.05) is 13.0 Å². The van der Waals surface area contributed by atoms with E-state index in [0.717, 1.165) is 36.2 Å². The number of amides is 3. The fourth-order valence-electron chi connectivity index (χ4n) is 8.52. The van der Waals surface area contributed by atoms with Crippen molar-refractivity contribution >= 4 is 11.9 Å². The van der Waals surface area contributed by atoms with Crippen molar-refractivity contribution in [3.8, 4) is 11.5 Å². The first kappa shape index (κ1) is 24.9. The van der Waals surface area contributed by atoms with Crippen molar-refractivity contribution in [3.05, 3.63) is 59.2 Å². The number of imide groups is 1. The first-order valence-electron chi connectivity index (χ1n) is 14.4. The molecule has 2 aromatic rings. The number of nitrogens with zero attached hydrogens (tertiary/aromatic N) is 3. The summed E-state index contributed by atoms with van der Waals surface area (Å²) in [5, 5.41) is 33.0. The molecule has 5 aliphatic rings. The summed E-state index contributed by atoms with van der Waals surface area (Å²) >= 11 is 0. The van der Waals surface area contributed by atoms with E-state index in [1.54, 1.807) is 41.3 Å². The van der Waals surface area contributed by atoms with Crippen LogP contribution >= 0.6 is 0 Å². The lowest BCUT2D eigenvalue weighted by atomic mass is 9.46. The number of aliphatic hydroxyl groups is 1. The molecule has 2 saturated carbocycles. The number of piperidine rings is 1. The second-order valence-electron chi connectivity index (χ2n) is 12.5. The Kier molecular flexibility index (Phi) is 5.40. The lowest BCUT2D eigenvalue weighted by molar-refractivity contribution is -0.188. The highest BCUT2D eigenvalue weighted by Gasteiger charge is 2.71. The second-order valence-corrected chi connectivity index (χ2v) is 12.5. The molecule has 2 aliphatic heterocycles. The van der Waals surface area contributed by atoms with Gasteiger partial charge in [0, 0.05) is 24.5 Å². The van der Waals surface area contributed by atoms with Crippen LogP contribution in [-0.2, 0) is 23.2 Å². The van der Waals surface area contributed by atoms with E-state index < -0.39 is 16.6 Å². The fraction of sp³-hybridized carbons (Fsp3) is 0.548. The van der Waals surface area contributed by atoms with Gasteiger partial charge in [-0.2, -0.15) is 0 Å². The second kappa shape index (κ2) is 8.45. The SMILES string of the molecule is CCN1C(=O)N(Cc2ccc(O)cc2)C(=O)[C@@]12CC[C@@]1(O)C3Cc4ccc(O)cc4[C@@]1(CCN3CC1CC1)C2. The first-order valence-corrected chi connectivity index (χ1v) is 14.4. The molecular formula is C31H37N3O5. The maximum Gasteiger partial charge on any atom is 0.327 e. The van der Waals surface area contributed by atoms with Crippen molar-refractivity contribution in [2.24, 2.45) is 5.92 Å². The summed E-state index contributed by atoms with van der Waals surface area (Å²) in [7, 11) is 0. The minimum Gasteiger partial charge on any atom is -0.508 e. The average molecular weight is 532 g/mol. The summed E-state index contributed by atoms with van der Waals surface area (Å²) in [6, 6.07) is 11.8. The topological polar surface area (TPSA) is 105 Å². The van der Waals surface area contributed by atoms with Gasteiger partial charge in [-0.3, -0.25) is 14.6 Å². The number of phenolic OH excluding ortho intramolecular Hbond substituents is 2. The van der Waals surface area contributed by atoms with Crippen molar-refractivity contribution in [2.45, 2.75) is 81.0 Å². The quantitative estimate of drug-likeness (QED) is 0.510. The van der Waals surface area contributed by atoms with Crippen LogP contribution in [-0.4, -0.2) is 78.8 Å². The molecule has 0 radical (unpaired) electrons. The van der Waals surface area contributed by atoms with Gasteiger partial charge in [-0.1, -0.05) is 18.2 Å². The molecule has 1 unspecified atom stereocenters. The highest BCUT2D eigenvalue weighted by atomic mass is 16.3. The van der Waals surface area contributed by atoms with E-state index in [-0.39, 0.29) is 36.0 Å². The zero-order chi connectivity index (χ0) is 27.2. The largest absolute Gasteiger partial charge is 0.508 e. The average Bonchev–Trinajstić information content (AvgIpc) is 3.72. The van der Waals surface area contributed by atoms with Crippen LogP contribution in [0.15, 0.2) is 42.5 Å². The van der Waals surface area contributed by atoms with Gasteiger partial charge in [0.15, 0.2) is 0 Å². The predicted octanol–water partition coefficient (Wildman–Crippen LogP) is 3.51. The molecule has 206 valence electrons. The molecule has 2 aromatic carbocycles. The highest BCUT2D eigenvalue weighted by Crippen LogP contribution is 2.62. The number of hydrogen-bond donors (Lipinski definition) is 3. The number of likely N-dealkylation sites (tertiary alicyclic amines) is 1. The summed E-state index contributed by atoms with van der Waals surface area (Å²) in [5.74, 6) is 0.800. The number of aromatic hydroxyl groups is 2. The molecule has 2 heterocycles. The molecule has 4 atom stereocenters. The zero-order valence-electron chi connectivity index (χ0n) is 22.5. The number of benzene rings is 2. The molecule has 39 heavy (non-hydrogen) atoms. The summed E-state index contributed by atoms with van der Waals surface area (Å²) in [5.41, 5.74) is 0.0209. The Labute approximate surface area is 228 Å². The van der Waals surface area contributed by atoms with E-state index in [9.17, 15) is 24.9 Å². The maximum absolute atomic E-state index is 14.3. The van der Waals surface area contributed by atoms with Gasteiger partial charge in [0.25, 0.3) is 5.91 Å². The maximum atomic E-state index is 14.3. The monoisotopic (exact) mass is 531 g/mol. The number of phenols is 2. The Balaban J connectivity index is 1.31. The third-order valence-electron chi connectivity index (χ3n) is 10.6. The van der Waals surface area contributed by atoms with Gasteiger partial charge in [0.05, 0.1) is 12.1 Å². The smallest absolute Gasteiger partial charge is 0.327 e. The Hall–Kier alpha value is -3.10. The van der Waals surface area contributed by atoms with Crippen LogP contribution < -0.4 is 0 Å². The van der Waals surface area contributed by atoms with E-state index in [1.165, 1.54) is 17.7 Å². The number of carbonyl (C=O) groups is 2. The summed E-state index contributed by atoms with van der Waals surface area (Å²) < 4.78 is 0. The molecule has 3 N–H and O–H groups in total. The van der Waals surface area contributed by atoms with Crippen molar-refractivity contribution in [1.29, 1.82) is 0 Å². The number of carbonyl (C=O) groups excluding carboxylic acids is 2. The minimum absolute atomic E-state index is 0.0448. The van der Waals surface area contributed by atoms with Gasteiger partial charge in [0.1, 0.15) is 17.0 Å². The molecule has 1 spiro atoms. The van der Waals surface area contributed by atoms with Crippen LogP contribution in [0.3, 0.4) is 0 Å². The van der Waals surface area contributed by atoms with Crippen LogP contribution in [0.4, 0.5) is 4.79 Å². The Morgan fingerprint density at radius 1 is 0.974 bits per heavy atom. The molecule has 2 saturated heterocycles. The van der Waals surface area contributed by atoms with Crippen molar-refractivity contribution in [2.75, 3.05) is 19.6 Å². The van der Waals surface area contributed by atoms with Gasteiger partial charge in [-0.25, -0.2) is 4.79 Å². The molecular weight excluding hydrogens is 494 g/mol. The van der Waals surface area contributed by atoms with Gasteiger partial charge in [0.2, 0.25) is 0 Å². The number of urea groups is 1. The lowest BCUT2D eigenvalue weighted by Crippen LogP contribution is -2.76. The third kappa shape index (κ3) is 3.43. The number of fused-ring (bicyclic) bond motifs is 1. The van der Waals surface area contributed by atoms with Crippen LogP contribution in [0.2, 0.25) is 0 Å². The van der Waals surface area contributed by atoms with Crippen LogP contribution in [0, 0.1) is 5.92 Å². The van der Waals surface area contributed by atoms with Crippen molar-refractivity contribution < 1.29 is 24.9 Å². The Morgan fingerprint density at radius 3 is 2.44 bits per heavy atom. The minimum atomic E-state index is -1.04. The fourth-order valence-corrected chi connectivity index (χ4v) is 8.52. The normalized spacial score (nSPS) is 33.9. The third-order valence-corrected chi connectivity index (χ3v) is 10.6. The number of rotatable bonds is 5. The Morgan fingerprint density at radius 2 is 1.72 bits per heavy atom. The molecule has 0 aromatic heterocycles. The van der Waals surface area contributed by atoms with Gasteiger partial charge in [-0.05, 0) is 105 Å². The van der Waals surface area contributed by atoms with Gasteiger partial charge < -0.3 is 20.2 Å². The van der Waals surface area contributed by atoms with E-state index in [2.05, 4.69) is 4.90 Å². The van der Waals surface area contributed by atoms with Crippen molar-refractivity contribution in [3.63, 3.8) is 0 Å². The van der Waals surface area contributed by atoms with Crippen LogP contribution in [0.1, 0.15) is 62.1 Å². The van der Waals surface area contributed by atoms with E-state index in [0.29, 0.717) is 38.1 Å². The van der Waals surface area contributed by atoms with E-state index >= 15 is 0 Å². The first-order chi connectivity index (χ1) is 18.7. The lowest BCUT2D eigenvalue weighted by Gasteiger charge is -2.66. The van der Waals surface area contributed by atoms with Crippen LogP contribution in [0.25, 0.3) is 0 Å². The number of likely N-dealkylation sites (N-methyl/N-ethyl adjacent to an activating group) is 1. The molecule has 3 amide bonds. The highest BCUT2D eigenvalue weighted by molar-refractivity contribution is 6.07. The summed E-state index contributed by atoms with van der Waals surface area (Å²) in [6.45, 7) is 4.29. The molecule has 2 bridgehead atoms. The van der Waals surface area contributed by atoms with Crippen molar-refractivity contribution in [1.82, 2.24) is 14.7 Å². The molecule has 3 aliphatic carbocycles. The molecule has 8 heteroatoms. The molecule has 4 fully saturated rings. The molecule has 8 nitrogen and oxygen atoms in total. The predicted molar refractivity (Wildman–Crippen MR) is 144 cm³/mol.